The third-order valence-corrected chi connectivity index (χ3v) is 5.66. The summed E-state index contributed by atoms with van der Waals surface area (Å²) in [4.78, 5) is 16.4. The Bertz CT molecular complexity index is 1690. The number of fused-ring (bicyclic) bond motifs is 2. The number of rotatable bonds is 4. The summed E-state index contributed by atoms with van der Waals surface area (Å²) in [5.41, 5.74) is 5.70. The van der Waals surface area contributed by atoms with E-state index < -0.39 is 5.82 Å². The van der Waals surface area contributed by atoms with Gasteiger partial charge in [0.2, 0.25) is 0 Å². The zero-order chi connectivity index (χ0) is 23.2. The molecule has 166 valence electrons. The fourth-order valence-electron chi connectivity index (χ4n) is 4.08. The van der Waals surface area contributed by atoms with Crippen LogP contribution < -0.4 is 4.74 Å². The second-order valence-corrected chi connectivity index (χ2v) is 7.81. The highest BCUT2D eigenvalue weighted by Gasteiger charge is 2.16. The highest BCUT2D eigenvalue weighted by molar-refractivity contribution is 6.00. The van der Waals surface area contributed by atoms with Crippen molar-refractivity contribution in [3.05, 3.63) is 73.1 Å². The van der Waals surface area contributed by atoms with Crippen LogP contribution in [0.15, 0.2) is 67.3 Å². The van der Waals surface area contributed by atoms with Gasteiger partial charge in [-0.25, -0.2) is 9.37 Å². The third-order valence-electron chi connectivity index (χ3n) is 5.66. The number of H-pyrrole nitrogens is 2. The molecule has 0 aliphatic rings. The zero-order valence-electron chi connectivity index (χ0n) is 17.9. The molecule has 0 fully saturated rings. The normalized spacial score (nSPS) is 11.4. The minimum atomic E-state index is -0.400. The van der Waals surface area contributed by atoms with Gasteiger partial charge in [-0.05, 0) is 36.4 Å². The summed E-state index contributed by atoms with van der Waals surface area (Å²) in [6, 6.07) is 11.9. The molecule has 1 aromatic carbocycles. The maximum absolute atomic E-state index is 14.2. The van der Waals surface area contributed by atoms with E-state index in [1.807, 2.05) is 18.2 Å². The molecular weight excluding hydrogens is 435 g/mol. The van der Waals surface area contributed by atoms with Crippen LogP contribution in [0.25, 0.3) is 55.7 Å². The number of aromatic amines is 2. The van der Waals surface area contributed by atoms with Crippen molar-refractivity contribution in [2.24, 2.45) is 0 Å². The number of hydrogen-bond donors (Lipinski definition) is 3. The second kappa shape index (κ2) is 7.66. The molecule has 34 heavy (non-hydrogen) atoms. The number of ether oxygens (including phenoxy) is 1. The molecule has 0 aliphatic heterocycles. The highest BCUT2D eigenvalue weighted by atomic mass is 19.1. The largest absolute Gasteiger partial charge is 0.506 e. The molecule has 0 aliphatic carbocycles. The van der Waals surface area contributed by atoms with Crippen molar-refractivity contribution in [2.75, 3.05) is 7.11 Å². The SMILES string of the molecule is COc1cc(F)cc(-c2nccc3[nH]c(-c4[nH]nc5ncc(-c6cncc(O)c6)cc45)cc23)c1. The van der Waals surface area contributed by atoms with Gasteiger partial charge < -0.3 is 14.8 Å². The second-order valence-electron chi connectivity index (χ2n) is 7.81. The molecule has 6 rings (SSSR count). The van der Waals surface area contributed by atoms with Crippen LogP contribution in [0.1, 0.15) is 0 Å². The van der Waals surface area contributed by atoms with E-state index in [-0.39, 0.29) is 5.75 Å². The van der Waals surface area contributed by atoms with Crippen LogP contribution in [-0.4, -0.2) is 42.3 Å². The number of nitrogens with zero attached hydrogens (tertiary/aromatic N) is 4. The third kappa shape index (κ3) is 3.30. The van der Waals surface area contributed by atoms with Gasteiger partial charge in [0.05, 0.1) is 30.4 Å². The van der Waals surface area contributed by atoms with Crippen LogP contribution in [0.3, 0.4) is 0 Å². The number of aromatic hydroxyl groups is 1. The van der Waals surface area contributed by atoms with Crippen LogP contribution in [0.5, 0.6) is 11.5 Å². The van der Waals surface area contributed by atoms with Gasteiger partial charge in [0.25, 0.3) is 0 Å². The van der Waals surface area contributed by atoms with Gasteiger partial charge in [-0.15, -0.1) is 0 Å². The average Bonchev–Trinajstić information content (AvgIpc) is 3.47. The van der Waals surface area contributed by atoms with Gasteiger partial charge in [-0.2, -0.15) is 5.10 Å². The van der Waals surface area contributed by atoms with Gasteiger partial charge in [-0.3, -0.25) is 15.1 Å². The fourth-order valence-corrected chi connectivity index (χ4v) is 4.08. The van der Waals surface area contributed by atoms with E-state index in [1.165, 1.54) is 25.4 Å². The lowest BCUT2D eigenvalue weighted by Gasteiger charge is -2.06. The first kappa shape index (κ1) is 19.9. The van der Waals surface area contributed by atoms with Gasteiger partial charge in [-0.1, -0.05) is 0 Å². The summed E-state index contributed by atoms with van der Waals surface area (Å²) in [5, 5.41) is 18.8. The highest BCUT2D eigenvalue weighted by Crippen LogP contribution is 2.35. The Morgan fingerprint density at radius 1 is 0.912 bits per heavy atom. The zero-order valence-corrected chi connectivity index (χ0v) is 17.9. The van der Waals surface area contributed by atoms with Gasteiger partial charge in [0, 0.05) is 57.6 Å². The molecular formula is C25H17FN6O2. The summed E-state index contributed by atoms with van der Waals surface area (Å²) >= 11 is 0. The Labute approximate surface area is 192 Å². The quantitative estimate of drug-likeness (QED) is 0.344. The number of aromatic nitrogens is 6. The van der Waals surface area contributed by atoms with E-state index in [0.29, 0.717) is 22.7 Å². The average molecular weight is 452 g/mol. The molecule has 0 saturated heterocycles. The molecule has 0 amide bonds. The summed E-state index contributed by atoms with van der Waals surface area (Å²) in [6.07, 6.45) is 6.41. The van der Waals surface area contributed by atoms with Crippen molar-refractivity contribution in [3.63, 3.8) is 0 Å². The van der Waals surface area contributed by atoms with Crippen LogP contribution in [0.2, 0.25) is 0 Å². The number of benzene rings is 1. The predicted octanol–water partition coefficient (Wildman–Crippen LogP) is 5.08. The molecule has 8 nitrogen and oxygen atoms in total. The molecule has 5 heterocycles. The number of nitrogens with one attached hydrogen (secondary N) is 2. The summed E-state index contributed by atoms with van der Waals surface area (Å²) in [5.74, 6) is 0.0994. The lowest BCUT2D eigenvalue weighted by atomic mass is 10.1. The monoisotopic (exact) mass is 452 g/mol. The Hall–Kier alpha value is -4.79. The first-order chi connectivity index (χ1) is 16.6. The Morgan fingerprint density at radius 2 is 1.79 bits per heavy atom. The molecule has 0 atom stereocenters. The molecule has 0 bridgehead atoms. The van der Waals surface area contributed by atoms with Crippen molar-refractivity contribution >= 4 is 21.9 Å². The molecule has 3 N–H and O–H groups in total. The minimum absolute atomic E-state index is 0.0784. The first-order valence-electron chi connectivity index (χ1n) is 10.4. The van der Waals surface area contributed by atoms with Crippen LogP contribution >= 0.6 is 0 Å². The lowest BCUT2D eigenvalue weighted by Crippen LogP contribution is -1.89. The van der Waals surface area contributed by atoms with E-state index in [1.54, 1.807) is 30.7 Å². The minimum Gasteiger partial charge on any atom is -0.506 e. The maximum Gasteiger partial charge on any atom is 0.181 e. The van der Waals surface area contributed by atoms with Crippen LogP contribution in [0.4, 0.5) is 4.39 Å². The Morgan fingerprint density at radius 3 is 2.65 bits per heavy atom. The van der Waals surface area contributed by atoms with Gasteiger partial charge in [0.15, 0.2) is 5.65 Å². The smallest absolute Gasteiger partial charge is 0.181 e. The number of pyridine rings is 3. The molecule has 0 unspecified atom stereocenters. The van der Waals surface area contributed by atoms with E-state index in [2.05, 4.69) is 30.1 Å². The van der Waals surface area contributed by atoms with Crippen LogP contribution in [0, 0.1) is 5.82 Å². The molecule has 0 saturated carbocycles. The Kier molecular flexibility index (Phi) is 4.48. The molecule has 6 aromatic rings. The lowest BCUT2D eigenvalue weighted by molar-refractivity contribution is 0.411. The van der Waals surface area contributed by atoms with E-state index in [9.17, 15) is 9.50 Å². The van der Waals surface area contributed by atoms with Gasteiger partial charge in [0.1, 0.15) is 17.3 Å². The number of halogens is 1. The van der Waals surface area contributed by atoms with Crippen LogP contribution in [-0.2, 0) is 0 Å². The maximum atomic E-state index is 14.2. The number of methoxy groups -OCH3 is 1. The van der Waals surface area contributed by atoms with Crippen molar-refractivity contribution < 1.29 is 14.2 Å². The molecule has 9 heteroatoms. The fraction of sp³-hybridized carbons (Fsp3) is 0.0400. The molecule has 5 aromatic heterocycles. The summed E-state index contributed by atoms with van der Waals surface area (Å²) < 4.78 is 19.4. The van der Waals surface area contributed by atoms with E-state index in [0.717, 1.165) is 38.8 Å². The summed E-state index contributed by atoms with van der Waals surface area (Å²) in [6.45, 7) is 0. The number of hydrogen-bond acceptors (Lipinski definition) is 6. The van der Waals surface area contributed by atoms with E-state index >= 15 is 0 Å². The predicted molar refractivity (Wildman–Crippen MR) is 126 cm³/mol. The van der Waals surface area contributed by atoms with Crippen molar-refractivity contribution in [2.45, 2.75) is 0 Å². The summed E-state index contributed by atoms with van der Waals surface area (Å²) in [7, 11) is 1.50. The first-order valence-corrected chi connectivity index (χ1v) is 10.4. The van der Waals surface area contributed by atoms with Crippen molar-refractivity contribution in [1.29, 1.82) is 0 Å². The molecule has 0 spiro atoms. The standard InChI is InChI=1S/C25H17FN6O2/c1-34-18-6-13(4-16(26)8-18)23-19-9-22(30-21(19)2-3-28-23)24-20-7-15(11-29-25(20)32-31-24)14-5-17(33)12-27-10-14/h2-12,30,33H,1H3,(H,29,31,32). The molecule has 0 radical (unpaired) electrons. The van der Waals surface area contributed by atoms with Crippen molar-refractivity contribution in [3.8, 4) is 45.3 Å². The Balaban J connectivity index is 1.50. The topological polar surface area (TPSA) is 113 Å². The van der Waals surface area contributed by atoms with Crippen molar-refractivity contribution in [1.82, 2.24) is 30.1 Å². The van der Waals surface area contributed by atoms with Gasteiger partial charge >= 0.3 is 0 Å². The van der Waals surface area contributed by atoms with E-state index in [4.69, 9.17) is 4.74 Å².